The second kappa shape index (κ2) is 3.55. The van der Waals surface area contributed by atoms with Gasteiger partial charge in [0.25, 0.3) is 0 Å². The van der Waals surface area contributed by atoms with E-state index in [-0.39, 0.29) is 17.1 Å². The van der Waals surface area contributed by atoms with Gasteiger partial charge >= 0.3 is 6.18 Å². The molecule has 0 aliphatic heterocycles. The third kappa shape index (κ3) is 1.86. The molecule has 0 atom stereocenters. The topological polar surface area (TPSA) is 48.9 Å². The first kappa shape index (κ1) is 10.5. The Kier molecular flexibility index (Phi) is 2.34. The zero-order valence-corrected chi connectivity index (χ0v) is 7.92. The Morgan fingerprint density at radius 3 is 2.56 bits per heavy atom. The van der Waals surface area contributed by atoms with Crippen LogP contribution in [0.25, 0.3) is 11.4 Å². The lowest BCUT2D eigenvalue weighted by molar-refractivity contribution is -0.137. The van der Waals surface area contributed by atoms with Gasteiger partial charge < -0.3 is 10.1 Å². The summed E-state index contributed by atoms with van der Waals surface area (Å²) < 4.78 is 37.3. The van der Waals surface area contributed by atoms with E-state index in [1.54, 1.807) is 0 Å². The largest absolute Gasteiger partial charge is 0.507 e. The number of phenolic OH excluding ortho intramolecular Hbond substituents is 1. The summed E-state index contributed by atoms with van der Waals surface area (Å²) in [4.78, 5) is 6.42. The number of H-pyrrole nitrogens is 1. The van der Waals surface area contributed by atoms with Crippen molar-refractivity contribution in [2.75, 3.05) is 0 Å². The van der Waals surface area contributed by atoms with Gasteiger partial charge in [0, 0.05) is 12.4 Å². The highest BCUT2D eigenvalue weighted by Gasteiger charge is 2.31. The standard InChI is InChI=1S/C10H7F3N2O/c11-10(12,13)6-1-2-8(16)7(5-6)9-14-3-4-15-9/h1-5,16H,(H,14,15). The molecular formula is C10H7F3N2O. The van der Waals surface area contributed by atoms with Gasteiger partial charge in [0.2, 0.25) is 0 Å². The van der Waals surface area contributed by atoms with E-state index in [2.05, 4.69) is 9.97 Å². The van der Waals surface area contributed by atoms with Crippen molar-refractivity contribution in [1.29, 1.82) is 0 Å². The number of nitrogens with one attached hydrogen (secondary N) is 1. The lowest BCUT2D eigenvalue weighted by atomic mass is 10.1. The fourth-order valence-corrected chi connectivity index (χ4v) is 1.31. The molecule has 2 N–H and O–H groups in total. The molecule has 2 rings (SSSR count). The van der Waals surface area contributed by atoms with Gasteiger partial charge in [0.05, 0.1) is 11.1 Å². The summed E-state index contributed by atoms with van der Waals surface area (Å²) in [5.74, 6) is -0.0495. The number of aromatic nitrogens is 2. The Balaban J connectivity index is 2.54. The molecule has 0 radical (unpaired) electrons. The van der Waals surface area contributed by atoms with Crippen LogP contribution in [0.2, 0.25) is 0 Å². The molecule has 3 nitrogen and oxygen atoms in total. The number of phenols is 1. The van der Waals surface area contributed by atoms with E-state index in [9.17, 15) is 18.3 Å². The Morgan fingerprint density at radius 2 is 2.00 bits per heavy atom. The average molecular weight is 228 g/mol. The maximum Gasteiger partial charge on any atom is 0.416 e. The minimum Gasteiger partial charge on any atom is -0.507 e. The summed E-state index contributed by atoms with van der Waals surface area (Å²) in [6.45, 7) is 0. The van der Waals surface area contributed by atoms with Crippen molar-refractivity contribution >= 4 is 0 Å². The number of aromatic amines is 1. The monoisotopic (exact) mass is 228 g/mol. The van der Waals surface area contributed by atoms with E-state index in [0.717, 1.165) is 18.2 Å². The first-order chi connectivity index (χ1) is 7.48. The van der Waals surface area contributed by atoms with Gasteiger partial charge in [-0.1, -0.05) is 0 Å². The maximum atomic E-state index is 12.4. The number of hydrogen-bond acceptors (Lipinski definition) is 2. The van der Waals surface area contributed by atoms with Gasteiger partial charge in [-0.2, -0.15) is 13.2 Å². The van der Waals surface area contributed by atoms with Crippen molar-refractivity contribution in [1.82, 2.24) is 9.97 Å². The van der Waals surface area contributed by atoms with Crippen LogP contribution >= 0.6 is 0 Å². The number of aromatic hydroxyl groups is 1. The average Bonchev–Trinajstić information content (AvgIpc) is 2.69. The quantitative estimate of drug-likeness (QED) is 0.788. The van der Waals surface area contributed by atoms with E-state index in [4.69, 9.17) is 0 Å². The molecule has 0 bridgehead atoms. The van der Waals surface area contributed by atoms with Gasteiger partial charge in [-0.25, -0.2) is 4.98 Å². The highest BCUT2D eigenvalue weighted by molar-refractivity contribution is 5.64. The van der Waals surface area contributed by atoms with Crippen LogP contribution in [0.4, 0.5) is 13.2 Å². The summed E-state index contributed by atoms with van der Waals surface area (Å²) in [5, 5.41) is 9.45. The lowest BCUT2D eigenvalue weighted by Crippen LogP contribution is -2.04. The first-order valence-corrected chi connectivity index (χ1v) is 4.38. The third-order valence-electron chi connectivity index (χ3n) is 2.08. The number of hydrogen-bond donors (Lipinski definition) is 2. The smallest absolute Gasteiger partial charge is 0.416 e. The van der Waals surface area contributed by atoms with Crippen LogP contribution in [0, 0.1) is 0 Å². The number of halogens is 3. The number of alkyl halides is 3. The normalized spacial score (nSPS) is 11.7. The van der Waals surface area contributed by atoms with Gasteiger partial charge in [0.1, 0.15) is 11.6 Å². The summed E-state index contributed by atoms with van der Waals surface area (Å²) in [6.07, 6.45) is -1.57. The first-order valence-electron chi connectivity index (χ1n) is 4.38. The van der Waals surface area contributed by atoms with Crippen LogP contribution in [-0.4, -0.2) is 15.1 Å². The molecule has 0 aliphatic carbocycles. The summed E-state index contributed by atoms with van der Waals surface area (Å²) in [6, 6.07) is 2.68. The Labute approximate surface area is 88.6 Å². The fraction of sp³-hybridized carbons (Fsp3) is 0.100. The SMILES string of the molecule is Oc1ccc(C(F)(F)F)cc1-c1ncc[nH]1. The predicted octanol–water partition coefficient (Wildman–Crippen LogP) is 2.80. The van der Waals surface area contributed by atoms with Crippen molar-refractivity contribution in [2.45, 2.75) is 6.18 Å². The van der Waals surface area contributed by atoms with E-state index in [1.807, 2.05) is 0 Å². The van der Waals surface area contributed by atoms with Gasteiger partial charge in [-0.3, -0.25) is 0 Å². The fourth-order valence-electron chi connectivity index (χ4n) is 1.31. The highest BCUT2D eigenvalue weighted by atomic mass is 19.4. The van der Waals surface area contributed by atoms with E-state index >= 15 is 0 Å². The molecule has 0 fully saturated rings. The molecule has 84 valence electrons. The van der Waals surface area contributed by atoms with Gasteiger partial charge in [-0.15, -0.1) is 0 Å². The molecule has 2 aromatic rings. The van der Waals surface area contributed by atoms with Crippen molar-refractivity contribution in [3.05, 3.63) is 36.2 Å². The van der Waals surface area contributed by atoms with Crippen LogP contribution < -0.4 is 0 Å². The Hall–Kier alpha value is -1.98. The lowest BCUT2D eigenvalue weighted by Gasteiger charge is -2.08. The Bertz CT molecular complexity index is 491. The van der Waals surface area contributed by atoms with Gasteiger partial charge in [-0.05, 0) is 18.2 Å². The van der Waals surface area contributed by atoms with E-state index in [1.165, 1.54) is 12.4 Å². The minimum atomic E-state index is -4.44. The van der Waals surface area contributed by atoms with Crippen molar-refractivity contribution < 1.29 is 18.3 Å². The molecule has 1 aromatic heterocycles. The number of nitrogens with zero attached hydrogens (tertiary/aromatic N) is 1. The molecule has 0 saturated carbocycles. The van der Waals surface area contributed by atoms with Crippen molar-refractivity contribution in [3.8, 4) is 17.1 Å². The number of rotatable bonds is 1. The van der Waals surface area contributed by atoms with E-state index < -0.39 is 11.7 Å². The van der Waals surface area contributed by atoms with Crippen LogP contribution in [0.15, 0.2) is 30.6 Å². The summed E-state index contributed by atoms with van der Waals surface area (Å²) >= 11 is 0. The summed E-state index contributed by atoms with van der Waals surface area (Å²) in [7, 11) is 0. The molecule has 1 aromatic carbocycles. The number of imidazole rings is 1. The molecule has 16 heavy (non-hydrogen) atoms. The molecule has 6 heteroatoms. The van der Waals surface area contributed by atoms with Crippen LogP contribution in [0.3, 0.4) is 0 Å². The van der Waals surface area contributed by atoms with Crippen molar-refractivity contribution in [2.24, 2.45) is 0 Å². The van der Waals surface area contributed by atoms with Gasteiger partial charge in [0.15, 0.2) is 0 Å². The van der Waals surface area contributed by atoms with Crippen molar-refractivity contribution in [3.63, 3.8) is 0 Å². The predicted molar refractivity (Wildman–Crippen MR) is 50.7 cm³/mol. The molecular weight excluding hydrogens is 221 g/mol. The maximum absolute atomic E-state index is 12.4. The number of benzene rings is 1. The zero-order valence-electron chi connectivity index (χ0n) is 7.92. The molecule has 0 aliphatic rings. The summed E-state index contributed by atoms with van der Waals surface area (Å²) in [5.41, 5.74) is -0.795. The van der Waals surface area contributed by atoms with E-state index in [0.29, 0.717) is 0 Å². The Morgan fingerprint density at radius 1 is 1.25 bits per heavy atom. The van der Waals surface area contributed by atoms with Crippen LogP contribution in [0.1, 0.15) is 5.56 Å². The molecule has 1 heterocycles. The highest BCUT2D eigenvalue weighted by Crippen LogP contribution is 2.35. The van der Waals surface area contributed by atoms with Crippen LogP contribution in [0.5, 0.6) is 5.75 Å². The zero-order chi connectivity index (χ0) is 11.8. The molecule has 0 spiro atoms. The third-order valence-corrected chi connectivity index (χ3v) is 2.08. The molecule has 0 amide bonds. The van der Waals surface area contributed by atoms with Crippen LogP contribution in [-0.2, 0) is 6.18 Å². The minimum absolute atomic E-state index is 0.0276. The molecule has 0 unspecified atom stereocenters. The molecule has 0 saturated heterocycles. The second-order valence-electron chi connectivity index (χ2n) is 3.17. The second-order valence-corrected chi connectivity index (χ2v) is 3.17.